The fourth-order valence-corrected chi connectivity index (χ4v) is 4.42. The standard InChI is InChI=1S/C23H24N2O2S/c1-26-21-9-8-19(14-22(21)27-2)23-24-20(16-28-23)15-25-12-10-18(11-13-25)17-6-4-3-5-7-17/h3-10,14,16H,11-13,15H2,1-2H3/p+1. The van der Waals surface area contributed by atoms with E-state index in [4.69, 9.17) is 14.5 Å². The van der Waals surface area contributed by atoms with Crippen LogP contribution in [0.2, 0.25) is 0 Å². The maximum atomic E-state index is 5.41. The third-order valence-electron chi connectivity index (χ3n) is 5.14. The van der Waals surface area contributed by atoms with Crippen LogP contribution in [0, 0.1) is 0 Å². The number of aromatic nitrogens is 1. The Labute approximate surface area is 170 Å². The number of hydrogen-bond donors (Lipinski definition) is 1. The van der Waals surface area contributed by atoms with Crippen LogP contribution in [0.15, 0.2) is 60.0 Å². The van der Waals surface area contributed by atoms with E-state index in [0.29, 0.717) is 0 Å². The Bertz CT molecular complexity index is 966. The van der Waals surface area contributed by atoms with Crippen LogP contribution in [-0.4, -0.2) is 32.3 Å². The van der Waals surface area contributed by atoms with Crippen LogP contribution in [0.1, 0.15) is 17.7 Å². The van der Waals surface area contributed by atoms with Gasteiger partial charge >= 0.3 is 0 Å². The molecular formula is C23H25N2O2S+. The highest BCUT2D eigenvalue weighted by atomic mass is 32.1. The molecule has 1 atom stereocenters. The van der Waals surface area contributed by atoms with Crippen molar-refractivity contribution in [2.45, 2.75) is 13.0 Å². The monoisotopic (exact) mass is 393 g/mol. The van der Waals surface area contributed by atoms with Crippen LogP contribution in [-0.2, 0) is 6.54 Å². The molecule has 144 valence electrons. The molecule has 28 heavy (non-hydrogen) atoms. The molecule has 1 unspecified atom stereocenters. The van der Waals surface area contributed by atoms with E-state index in [1.165, 1.54) is 11.1 Å². The second kappa shape index (κ2) is 8.59. The summed E-state index contributed by atoms with van der Waals surface area (Å²) in [7, 11) is 3.31. The maximum Gasteiger partial charge on any atom is 0.161 e. The molecule has 3 aromatic rings. The summed E-state index contributed by atoms with van der Waals surface area (Å²) in [4.78, 5) is 6.42. The van der Waals surface area contributed by atoms with Gasteiger partial charge in [0.05, 0.1) is 27.3 Å². The van der Waals surface area contributed by atoms with E-state index in [9.17, 15) is 0 Å². The van der Waals surface area contributed by atoms with Crippen LogP contribution < -0.4 is 14.4 Å². The Morgan fingerprint density at radius 3 is 2.54 bits per heavy atom. The Balaban J connectivity index is 1.43. The van der Waals surface area contributed by atoms with Crippen molar-refractivity contribution in [1.82, 2.24) is 4.98 Å². The van der Waals surface area contributed by atoms with Gasteiger partial charge in [0.2, 0.25) is 0 Å². The Kier molecular flexibility index (Phi) is 5.74. The highest BCUT2D eigenvalue weighted by Gasteiger charge is 2.18. The summed E-state index contributed by atoms with van der Waals surface area (Å²) in [6, 6.07) is 16.7. The van der Waals surface area contributed by atoms with Crippen molar-refractivity contribution in [3.05, 3.63) is 71.2 Å². The van der Waals surface area contributed by atoms with Crippen LogP contribution >= 0.6 is 11.3 Å². The van der Waals surface area contributed by atoms with Crippen molar-refractivity contribution in [2.75, 3.05) is 27.3 Å². The molecule has 5 heteroatoms. The van der Waals surface area contributed by atoms with Crippen molar-refractivity contribution in [3.63, 3.8) is 0 Å². The zero-order valence-corrected chi connectivity index (χ0v) is 17.1. The summed E-state index contributed by atoms with van der Waals surface area (Å²) in [5.41, 5.74) is 5.04. The van der Waals surface area contributed by atoms with Gasteiger partial charge in [-0.2, -0.15) is 0 Å². The first kappa shape index (κ1) is 18.7. The smallest absolute Gasteiger partial charge is 0.161 e. The van der Waals surface area contributed by atoms with E-state index >= 15 is 0 Å². The van der Waals surface area contributed by atoms with Gasteiger partial charge < -0.3 is 14.4 Å². The highest BCUT2D eigenvalue weighted by molar-refractivity contribution is 7.13. The van der Waals surface area contributed by atoms with E-state index in [1.807, 2.05) is 18.2 Å². The number of nitrogens with one attached hydrogen (secondary N) is 1. The predicted octanol–water partition coefficient (Wildman–Crippen LogP) is 3.70. The molecule has 1 aromatic heterocycles. The minimum absolute atomic E-state index is 0.733. The normalized spacial score (nSPS) is 16.5. The number of thiazole rings is 1. The predicted molar refractivity (Wildman–Crippen MR) is 114 cm³/mol. The average Bonchev–Trinajstić information content (AvgIpc) is 3.23. The Morgan fingerprint density at radius 2 is 1.82 bits per heavy atom. The lowest BCUT2D eigenvalue weighted by molar-refractivity contribution is -0.909. The largest absolute Gasteiger partial charge is 0.493 e. The lowest BCUT2D eigenvalue weighted by Crippen LogP contribution is -3.11. The van der Waals surface area contributed by atoms with Crippen LogP contribution in [0.4, 0.5) is 0 Å². The topological polar surface area (TPSA) is 35.8 Å². The van der Waals surface area contributed by atoms with E-state index in [0.717, 1.165) is 53.8 Å². The molecule has 0 amide bonds. The summed E-state index contributed by atoms with van der Waals surface area (Å²) < 4.78 is 10.7. The van der Waals surface area contributed by atoms with Crippen molar-refractivity contribution >= 4 is 16.9 Å². The van der Waals surface area contributed by atoms with Gasteiger partial charge in [-0.25, -0.2) is 4.98 Å². The van der Waals surface area contributed by atoms with Crippen molar-refractivity contribution in [1.29, 1.82) is 0 Å². The lowest BCUT2D eigenvalue weighted by Gasteiger charge is -2.23. The summed E-state index contributed by atoms with van der Waals surface area (Å²) in [5.74, 6) is 1.47. The second-order valence-corrected chi connectivity index (χ2v) is 7.80. The minimum Gasteiger partial charge on any atom is -0.493 e. The van der Waals surface area contributed by atoms with Gasteiger partial charge in [0.15, 0.2) is 11.5 Å². The van der Waals surface area contributed by atoms with Gasteiger partial charge in [-0.15, -0.1) is 11.3 Å². The minimum atomic E-state index is 0.733. The number of methoxy groups -OCH3 is 2. The molecule has 4 rings (SSSR count). The molecule has 0 saturated heterocycles. The number of ether oxygens (including phenoxy) is 2. The molecule has 2 aromatic carbocycles. The zero-order chi connectivity index (χ0) is 19.3. The molecule has 1 aliphatic rings. The first-order chi connectivity index (χ1) is 13.8. The van der Waals surface area contributed by atoms with E-state index < -0.39 is 0 Å². The van der Waals surface area contributed by atoms with Gasteiger partial charge in [-0.05, 0) is 35.4 Å². The van der Waals surface area contributed by atoms with E-state index in [1.54, 1.807) is 30.5 Å². The molecule has 0 radical (unpaired) electrons. The van der Waals surface area contributed by atoms with Crippen molar-refractivity contribution in [3.8, 4) is 22.1 Å². The van der Waals surface area contributed by atoms with Gasteiger partial charge in [-0.3, -0.25) is 0 Å². The summed E-state index contributed by atoms with van der Waals surface area (Å²) in [6.07, 6.45) is 3.50. The molecule has 0 aliphatic carbocycles. The lowest BCUT2D eigenvalue weighted by atomic mass is 9.99. The summed E-state index contributed by atoms with van der Waals surface area (Å²) in [6.45, 7) is 3.15. The summed E-state index contributed by atoms with van der Waals surface area (Å²) >= 11 is 1.69. The van der Waals surface area contributed by atoms with Gasteiger partial charge in [0, 0.05) is 17.4 Å². The molecule has 2 heterocycles. The SMILES string of the molecule is COc1ccc(-c2nc(C[NH+]3CC=C(c4ccccc4)CC3)cs2)cc1OC. The van der Waals surface area contributed by atoms with Crippen LogP contribution in [0.25, 0.3) is 16.1 Å². The first-order valence-electron chi connectivity index (χ1n) is 9.51. The molecule has 0 saturated carbocycles. The number of quaternary nitrogens is 1. The summed E-state index contributed by atoms with van der Waals surface area (Å²) in [5, 5.41) is 3.20. The third kappa shape index (κ3) is 4.11. The Hall–Kier alpha value is -2.63. The molecule has 1 N–H and O–H groups in total. The third-order valence-corrected chi connectivity index (χ3v) is 6.08. The average molecular weight is 394 g/mol. The molecule has 0 spiro atoms. The number of hydrogen-bond acceptors (Lipinski definition) is 4. The number of rotatable bonds is 6. The van der Waals surface area contributed by atoms with E-state index in [-0.39, 0.29) is 0 Å². The Morgan fingerprint density at radius 1 is 1.00 bits per heavy atom. The molecule has 1 aliphatic heterocycles. The van der Waals surface area contributed by atoms with Gasteiger partial charge in [0.1, 0.15) is 17.2 Å². The second-order valence-electron chi connectivity index (χ2n) is 6.94. The van der Waals surface area contributed by atoms with Crippen molar-refractivity contribution in [2.24, 2.45) is 0 Å². The van der Waals surface area contributed by atoms with E-state index in [2.05, 4.69) is 41.8 Å². The number of nitrogens with zero attached hydrogens (tertiary/aromatic N) is 1. The molecule has 0 fully saturated rings. The quantitative estimate of drug-likeness (QED) is 0.694. The number of benzene rings is 2. The van der Waals surface area contributed by atoms with Crippen LogP contribution in [0.3, 0.4) is 0 Å². The zero-order valence-electron chi connectivity index (χ0n) is 16.3. The molecule has 4 nitrogen and oxygen atoms in total. The highest BCUT2D eigenvalue weighted by Crippen LogP contribution is 2.33. The fraction of sp³-hybridized carbons (Fsp3) is 0.261. The molecular weight excluding hydrogens is 368 g/mol. The van der Waals surface area contributed by atoms with Gasteiger partial charge in [-0.1, -0.05) is 30.3 Å². The van der Waals surface area contributed by atoms with Crippen LogP contribution in [0.5, 0.6) is 11.5 Å². The molecule has 0 bridgehead atoms. The van der Waals surface area contributed by atoms with Gasteiger partial charge in [0.25, 0.3) is 0 Å². The van der Waals surface area contributed by atoms with Crippen molar-refractivity contribution < 1.29 is 14.4 Å². The maximum absolute atomic E-state index is 5.41. The fourth-order valence-electron chi connectivity index (χ4n) is 3.60. The first-order valence-corrected chi connectivity index (χ1v) is 10.4.